The molecule has 4 N–H and O–H groups in total. The van der Waals surface area contributed by atoms with Gasteiger partial charge in [0.2, 0.25) is 0 Å². The molecule has 1 heterocycles. The number of benzene rings is 5. The lowest BCUT2D eigenvalue weighted by atomic mass is 9.99. The number of hydrogen-bond donors (Lipinski definition) is 4. The molecule has 1 aliphatic heterocycles. The summed E-state index contributed by atoms with van der Waals surface area (Å²) in [4.78, 5) is 27.2. The lowest BCUT2D eigenvalue weighted by molar-refractivity contribution is -0.301. The molecule has 57 heavy (non-hydrogen) atoms. The van der Waals surface area contributed by atoms with Crippen molar-refractivity contribution in [3.8, 4) is 17.2 Å². The van der Waals surface area contributed by atoms with E-state index in [4.69, 9.17) is 28.9 Å². The average Bonchev–Trinajstić information content (AvgIpc) is 3.23. The normalized spacial score (nSPS) is 19.8. The third kappa shape index (κ3) is 12.4. The van der Waals surface area contributed by atoms with Gasteiger partial charge in [0.05, 0.1) is 37.7 Å². The van der Waals surface area contributed by atoms with Crippen LogP contribution in [0.25, 0.3) is 0 Å². The lowest BCUT2D eigenvalue weighted by Gasteiger charge is -2.38. The summed E-state index contributed by atoms with van der Waals surface area (Å²) >= 11 is 0. The molecule has 5 atom stereocenters. The Kier molecular flexibility index (Phi) is 14.6. The molecule has 5 aromatic carbocycles. The van der Waals surface area contributed by atoms with Gasteiger partial charge >= 0.3 is 0 Å². The van der Waals surface area contributed by atoms with Crippen LogP contribution in [0.5, 0.6) is 17.2 Å². The topological polar surface area (TPSA) is 198 Å². The highest BCUT2D eigenvalue weighted by molar-refractivity contribution is 5.86. The molecule has 0 spiro atoms. The van der Waals surface area contributed by atoms with Gasteiger partial charge in [-0.3, -0.25) is 0 Å². The van der Waals surface area contributed by atoms with Gasteiger partial charge in [-0.15, -0.1) is 0 Å². The molecular weight excluding hydrogens is 734 g/mol. The van der Waals surface area contributed by atoms with Crippen molar-refractivity contribution < 1.29 is 49.4 Å². The van der Waals surface area contributed by atoms with Crippen molar-refractivity contribution in [3.63, 3.8) is 0 Å². The summed E-state index contributed by atoms with van der Waals surface area (Å²) in [7, 11) is 0. The number of rotatable bonds is 17. The number of aliphatic hydroxyl groups is 4. The van der Waals surface area contributed by atoms with E-state index in [1.165, 1.54) is 12.4 Å². The molecule has 15 nitrogen and oxygen atoms in total. The van der Waals surface area contributed by atoms with E-state index >= 15 is 0 Å². The predicted octanol–water partition coefficient (Wildman–Crippen LogP) is 4.63. The van der Waals surface area contributed by atoms with E-state index in [1.54, 1.807) is 85.4 Å². The maximum Gasteiger partial charge on any atom is 0.256 e. The molecule has 0 aliphatic carbocycles. The molecular formula is C42H39N5O10. The van der Waals surface area contributed by atoms with Crippen molar-refractivity contribution in [1.82, 2.24) is 0 Å². The smallest absolute Gasteiger partial charge is 0.256 e. The maximum atomic E-state index is 10.1. The van der Waals surface area contributed by atoms with Gasteiger partial charge in [0.1, 0.15) is 31.0 Å². The van der Waals surface area contributed by atoms with Crippen LogP contribution in [0.4, 0.5) is 0 Å². The van der Waals surface area contributed by atoms with E-state index in [0.29, 0.717) is 40.5 Å². The van der Waals surface area contributed by atoms with Crippen LogP contribution in [0, 0.1) is 0 Å². The van der Waals surface area contributed by atoms with Gasteiger partial charge in [0.15, 0.2) is 17.2 Å². The van der Waals surface area contributed by atoms with Crippen LogP contribution in [0.1, 0.15) is 33.4 Å². The molecule has 0 bridgehead atoms. The molecule has 1 saturated heterocycles. The predicted molar refractivity (Wildman–Crippen MR) is 212 cm³/mol. The number of hydrogen-bond acceptors (Lipinski definition) is 15. The minimum Gasteiger partial charge on any atom is -0.394 e. The minimum absolute atomic E-state index is 0.378. The first-order chi connectivity index (χ1) is 27.9. The van der Waals surface area contributed by atoms with E-state index in [2.05, 4.69) is 25.8 Å². The van der Waals surface area contributed by atoms with Gasteiger partial charge < -0.3 is 49.4 Å². The van der Waals surface area contributed by atoms with Crippen molar-refractivity contribution in [2.24, 2.45) is 25.8 Å². The number of nitrogens with zero attached hydrogens (tertiary/aromatic N) is 5. The number of ether oxygens (including phenoxy) is 1. The summed E-state index contributed by atoms with van der Waals surface area (Å²) < 4.78 is 5.27. The Morgan fingerprint density at radius 3 is 1.46 bits per heavy atom. The molecule has 292 valence electrons. The zero-order valence-corrected chi connectivity index (χ0v) is 30.3. The Bertz CT molecular complexity index is 2180. The summed E-state index contributed by atoms with van der Waals surface area (Å²) in [5.74, 6) is 1.49. The highest BCUT2D eigenvalue weighted by Crippen LogP contribution is 2.22. The van der Waals surface area contributed by atoms with Crippen LogP contribution in [0.3, 0.4) is 0 Å². The fourth-order valence-electron chi connectivity index (χ4n) is 5.21. The molecule has 15 heteroatoms. The second kappa shape index (κ2) is 20.8. The molecule has 5 aromatic rings. The molecule has 0 unspecified atom stereocenters. The highest BCUT2D eigenvalue weighted by Gasteiger charge is 2.45. The van der Waals surface area contributed by atoms with Crippen LogP contribution in [0.2, 0.25) is 0 Å². The second-order valence-corrected chi connectivity index (χ2v) is 12.4. The van der Waals surface area contributed by atoms with E-state index < -0.39 is 37.3 Å². The van der Waals surface area contributed by atoms with Gasteiger partial charge in [-0.2, -0.15) is 0 Å². The quantitative estimate of drug-likeness (QED) is 0.0764. The Hall–Kier alpha value is -6.75. The van der Waals surface area contributed by atoms with Gasteiger partial charge in [-0.25, -0.2) is 0 Å². The second-order valence-electron chi connectivity index (χ2n) is 12.4. The monoisotopic (exact) mass is 773 g/mol. The average molecular weight is 774 g/mol. The van der Waals surface area contributed by atoms with Crippen LogP contribution in [-0.4, -0.2) is 88.8 Å². The van der Waals surface area contributed by atoms with Crippen LogP contribution >= 0.6 is 0 Å². The Morgan fingerprint density at radius 2 is 0.947 bits per heavy atom. The third-order valence-corrected chi connectivity index (χ3v) is 8.13. The van der Waals surface area contributed by atoms with Gasteiger partial charge in [-0.05, 0) is 75.8 Å². The van der Waals surface area contributed by atoms with Gasteiger partial charge in [0, 0.05) is 0 Å². The molecule has 0 aromatic heterocycles. The fraction of sp³-hybridized carbons (Fsp3) is 0.167. The first-order valence-electron chi connectivity index (χ1n) is 17.6. The molecule has 1 aliphatic rings. The fourth-order valence-corrected chi connectivity index (χ4v) is 5.21. The Labute approximate surface area is 327 Å². The zero-order valence-electron chi connectivity index (χ0n) is 30.3. The largest absolute Gasteiger partial charge is 0.394 e. The number of oxime groups is 5. The van der Waals surface area contributed by atoms with Gasteiger partial charge in [-0.1, -0.05) is 111 Å². The molecule has 0 saturated carbocycles. The number of aliphatic hydroxyl groups excluding tert-OH is 4. The Balaban J connectivity index is 0.950. The molecule has 1 fully saturated rings. The highest BCUT2D eigenvalue weighted by atomic mass is 16.8. The Morgan fingerprint density at radius 1 is 0.491 bits per heavy atom. The van der Waals surface area contributed by atoms with Crippen molar-refractivity contribution in [2.75, 3.05) is 6.61 Å². The molecule has 0 amide bonds. The van der Waals surface area contributed by atoms with Crippen LogP contribution < -0.4 is 14.5 Å². The van der Waals surface area contributed by atoms with Crippen molar-refractivity contribution in [3.05, 3.63) is 161 Å². The summed E-state index contributed by atoms with van der Waals surface area (Å²) in [5, 5.41) is 59.3. The first kappa shape index (κ1) is 39.9. The SMILES string of the molecule is OC[C@H]1O[C@@H](O/N=C/c2cccc(/C=N/Oc3cccc(/C=N/Oc4cccc(/C=N/Oc5cccc(/C=N/OCc6ccccc6)c5)c4)c3)c2)[C@H](O)[C@@H](O)[C@@H]1O. The van der Waals surface area contributed by atoms with E-state index in [1.807, 2.05) is 60.7 Å². The summed E-state index contributed by atoms with van der Waals surface area (Å²) in [6.45, 7) is -0.194. The molecule has 0 radical (unpaired) electrons. The van der Waals surface area contributed by atoms with E-state index in [0.717, 1.165) is 16.7 Å². The van der Waals surface area contributed by atoms with Crippen molar-refractivity contribution >= 4 is 31.1 Å². The van der Waals surface area contributed by atoms with Crippen LogP contribution in [-0.2, 0) is 21.0 Å². The van der Waals surface area contributed by atoms with E-state index in [9.17, 15) is 20.4 Å². The maximum absolute atomic E-state index is 10.1. The summed E-state index contributed by atoms with van der Waals surface area (Å²) in [6, 6.07) is 38.5. The summed E-state index contributed by atoms with van der Waals surface area (Å²) in [5.41, 5.74) is 4.59. The lowest BCUT2D eigenvalue weighted by Crippen LogP contribution is -2.58. The van der Waals surface area contributed by atoms with Crippen molar-refractivity contribution in [1.29, 1.82) is 0 Å². The van der Waals surface area contributed by atoms with E-state index in [-0.39, 0.29) is 0 Å². The van der Waals surface area contributed by atoms with Gasteiger partial charge in [0.25, 0.3) is 6.29 Å². The zero-order chi connectivity index (χ0) is 39.7. The van der Waals surface area contributed by atoms with Crippen LogP contribution in [0.15, 0.2) is 153 Å². The molecule has 6 rings (SSSR count). The summed E-state index contributed by atoms with van der Waals surface area (Å²) in [6.07, 6.45) is 0.492. The third-order valence-electron chi connectivity index (χ3n) is 8.13. The minimum atomic E-state index is -1.57. The van der Waals surface area contributed by atoms with Crippen molar-refractivity contribution in [2.45, 2.75) is 37.3 Å². The first-order valence-corrected chi connectivity index (χ1v) is 17.6. The standard InChI is InChI=1S/C42H39N5O10/c48-27-38-39(49)40(50)41(51)42(53-38)57-47-24-31-11-4-10-30(18-31)23-44-54-36-16-6-13-33(20-36)26-46-56-37-17-7-14-34(21-37)25-45-55-35-15-5-12-32(19-35)22-43-52-28-29-8-2-1-3-9-29/h1-26,38-42,48-51H,27-28H2/b43-22+,44-23+,45-25+,46-26+,47-24+/t38-,39-,40+,41-,42+/m1/s1.